The highest BCUT2D eigenvalue weighted by Crippen LogP contribution is 2.30. The molecule has 1 aromatic rings. The summed E-state index contributed by atoms with van der Waals surface area (Å²) in [6.07, 6.45) is 1.03. The average Bonchev–Trinajstić information content (AvgIpc) is 2.50. The van der Waals surface area contributed by atoms with Crippen LogP contribution in [0.3, 0.4) is 0 Å². The second-order valence-electron chi connectivity index (χ2n) is 6.12. The second-order valence-corrected chi connectivity index (χ2v) is 6.12. The van der Waals surface area contributed by atoms with Crippen LogP contribution in [0.15, 0.2) is 18.2 Å². The molecule has 120 valence electrons. The highest BCUT2D eigenvalue weighted by Gasteiger charge is 2.20. The lowest BCUT2D eigenvalue weighted by molar-refractivity contribution is 0.149. The molecular formula is C17H29NO3. The van der Waals surface area contributed by atoms with Gasteiger partial charge in [-0.2, -0.15) is 0 Å². The molecule has 0 aromatic heterocycles. The van der Waals surface area contributed by atoms with Gasteiger partial charge < -0.3 is 19.5 Å². The van der Waals surface area contributed by atoms with Crippen LogP contribution in [0.5, 0.6) is 11.5 Å². The van der Waals surface area contributed by atoms with E-state index in [1.807, 2.05) is 12.1 Å². The molecule has 0 spiro atoms. The first-order chi connectivity index (χ1) is 9.93. The minimum Gasteiger partial charge on any atom is -0.497 e. The van der Waals surface area contributed by atoms with Crippen LogP contribution in [0.2, 0.25) is 0 Å². The number of benzene rings is 1. The van der Waals surface area contributed by atoms with E-state index in [4.69, 9.17) is 14.2 Å². The van der Waals surface area contributed by atoms with Crippen molar-refractivity contribution in [1.29, 1.82) is 0 Å². The van der Waals surface area contributed by atoms with Gasteiger partial charge in [0, 0.05) is 37.9 Å². The maximum Gasteiger partial charge on any atom is 0.127 e. The summed E-state index contributed by atoms with van der Waals surface area (Å²) in [5, 5.41) is 3.58. The quantitative estimate of drug-likeness (QED) is 0.758. The lowest BCUT2D eigenvalue weighted by atomic mass is 9.89. The lowest BCUT2D eigenvalue weighted by Crippen LogP contribution is -2.32. The molecule has 0 radical (unpaired) electrons. The molecule has 1 aromatic carbocycles. The Morgan fingerprint density at radius 2 is 1.86 bits per heavy atom. The van der Waals surface area contributed by atoms with Crippen molar-refractivity contribution in [3.8, 4) is 11.5 Å². The monoisotopic (exact) mass is 295 g/mol. The molecule has 21 heavy (non-hydrogen) atoms. The van der Waals surface area contributed by atoms with Crippen molar-refractivity contribution in [3.63, 3.8) is 0 Å². The topological polar surface area (TPSA) is 39.7 Å². The van der Waals surface area contributed by atoms with Crippen LogP contribution in [0.25, 0.3) is 0 Å². The van der Waals surface area contributed by atoms with Gasteiger partial charge in [0.2, 0.25) is 0 Å². The fourth-order valence-corrected chi connectivity index (χ4v) is 2.18. The van der Waals surface area contributed by atoms with Crippen LogP contribution in [0, 0.1) is 5.41 Å². The minimum absolute atomic E-state index is 0.198. The Balaban J connectivity index is 2.69. The van der Waals surface area contributed by atoms with Gasteiger partial charge in [0.15, 0.2) is 0 Å². The summed E-state index contributed by atoms with van der Waals surface area (Å²) in [6, 6.07) is 6.15. The van der Waals surface area contributed by atoms with Crippen LogP contribution < -0.4 is 14.8 Å². The van der Waals surface area contributed by atoms with E-state index in [9.17, 15) is 0 Å². The molecule has 1 rings (SSSR count). The molecule has 4 heteroatoms. The molecular weight excluding hydrogens is 266 g/mol. The van der Waals surface area contributed by atoms with Gasteiger partial charge in [-0.15, -0.1) is 0 Å². The van der Waals surface area contributed by atoms with Crippen molar-refractivity contribution < 1.29 is 14.2 Å². The van der Waals surface area contributed by atoms with E-state index in [1.165, 1.54) is 0 Å². The van der Waals surface area contributed by atoms with E-state index in [0.29, 0.717) is 0 Å². The van der Waals surface area contributed by atoms with E-state index < -0.39 is 0 Å². The highest BCUT2D eigenvalue weighted by molar-refractivity contribution is 5.42. The third kappa shape index (κ3) is 5.56. The van der Waals surface area contributed by atoms with E-state index in [2.05, 4.69) is 32.2 Å². The molecule has 1 unspecified atom stereocenters. The van der Waals surface area contributed by atoms with E-state index in [1.54, 1.807) is 21.3 Å². The lowest BCUT2D eigenvalue weighted by Gasteiger charge is -2.27. The van der Waals surface area contributed by atoms with E-state index in [-0.39, 0.29) is 11.5 Å². The largest absolute Gasteiger partial charge is 0.497 e. The van der Waals surface area contributed by atoms with Gasteiger partial charge in [0.25, 0.3) is 0 Å². The SMILES string of the molecule is COCCC(C)(C)CNC(C)c1ccc(OC)cc1OC. The first kappa shape index (κ1) is 17.8. The van der Waals surface area contributed by atoms with Gasteiger partial charge >= 0.3 is 0 Å². The number of ether oxygens (including phenoxy) is 3. The maximum atomic E-state index is 5.47. The van der Waals surface area contributed by atoms with Crippen molar-refractivity contribution in [2.75, 3.05) is 34.5 Å². The van der Waals surface area contributed by atoms with Gasteiger partial charge in [0.1, 0.15) is 11.5 Å². The maximum absolute atomic E-state index is 5.47. The van der Waals surface area contributed by atoms with Gasteiger partial charge in [-0.3, -0.25) is 0 Å². The van der Waals surface area contributed by atoms with Crippen LogP contribution in [-0.4, -0.2) is 34.5 Å². The normalized spacial score (nSPS) is 13.0. The standard InChI is InChI=1S/C17H29NO3/c1-13(18-12-17(2,3)9-10-19-4)15-8-7-14(20-5)11-16(15)21-6/h7-8,11,13,18H,9-10,12H2,1-6H3. The highest BCUT2D eigenvalue weighted by atomic mass is 16.5. The number of hydrogen-bond donors (Lipinski definition) is 1. The third-order valence-corrected chi connectivity index (χ3v) is 3.78. The Bertz CT molecular complexity index is 432. The Kier molecular flexibility index (Phi) is 6.99. The minimum atomic E-state index is 0.198. The van der Waals surface area contributed by atoms with Gasteiger partial charge in [-0.05, 0) is 24.8 Å². The van der Waals surface area contributed by atoms with Crippen molar-refractivity contribution in [1.82, 2.24) is 5.32 Å². The Morgan fingerprint density at radius 1 is 1.14 bits per heavy atom. The van der Waals surface area contributed by atoms with Gasteiger partial charge in [-0.25, -0.2) is 0 Å². The Morgan fingerprint density at radius 3 is 2.43 bits per heavy atom. The predicted molar refractivity (Wildman–Crippen MR) is 86.2 cm³/mol. The van der Waals surface area contributed by atoms with E-state index in [0.717, 1.165) is 36.6 Å². The fourth-order valence-electron chi connectivity index (χ4n) is 2.18. The summed E-state index contributed by atoms with van der Waals surface area (Å²) < 4.78 is 15.9. The molecule has 0 bridgehead atoms. The molecule has 0 amide bonds. The van der Waals surface area contributed by atoms with Gasteiger partial charge in [0.05, 0.1) is 14.2 Å². The molecule has 0 aliphatic heterocycles. The summed E-state index contributed by atoms with van der Waals surface area (Å²) in [5.41, 5.74) is 1.34. The molecule has 0 saturated heterocycles. The number of methoxy groups -OCH3 is 3. The molecule has 0 saturated carbocycles. The first-order valence-electron chi connectivity index (χ1n) is 7.38. The zero-order chi connectivity index (χ0) is 15.9. The fraction of sp³-hybridized carbons (Fsp3) is 0.647. The average molecular weight is 295 g/mol. The second kappa shape index (κ2) is 8.25. The molecule has 0 aliphatic rings. The molecule has 0 fully saturated rings. The van der Waals surface area contributed by atoms with Crippen molar-refractivity contribution in [3.05, 3.63) is 23.8 Å². The van der Waals surface area contributed by atoms with E-state index >= 15 is 0 Å². The molecule has 0 aliphatic carbocycles. The van der Waals surface area contributed by atoms with Crippen LogP contribution in [0.4, 0.5) is 0 Å². The summed E-state index contributed by atoms with van der Waals surface area (Å²) in [4.78, 5) is 0. The van der Waals surface area contributed by atoms with Crippen molar-refractivity contribution >= 4 is 0 Å². The smallest absolute Gasteiger partial charge is 0.127 e. The molecule has 4 nitrogen and oxygen atoms in total. The van der Waals surface area contributed by atoms with Crippen molar-refractivity contribution in [2.45, 2.75) is 33.2 Å². The number of hydrogen-bond acceptors (Lipinski definition) is 4. The zero-order valence-corrected chi connectivity index (χ0v) is 14.2. The van der Waals surface area contributed by atoms with Crippen molar-refractivity contribution in [2.24, 2.45) is 5.41 Å². The Hall–Kier alpha value is -1.26. The Labute approximate surface area is 128 Å². The first-order valence-corrected chi connectivity index (χ1v) is 7.38. The molecule has 0 heterocycles. The van der Waals surface area contributed by atoms with Gasteiger partial charge in [-0.1, -0.05) is 19.9 Å². The number of nitrogens with one attached hydrogen (secondary N) is 1. The zero-order valence-electron chi connectivity index (χ0n) is 14.2. The third-order valence-electron chi connectivity index (χ3n) is 3.78. The van der Waals surface area contributed by atoms with Crippen LogP contribution in [-0.2, 0) is 4.74 Å². The number of rotatable bonds is 9. The molecule has 1 N–H and O–H groups in total. The summed E-state index contributed by atoms with van der Waals surface area (Å²) in [7, 11) is 5.09. The summed E-state index contributed by atoms with van der Waals surface area (Å²) >= 11 is 0. The van der Waals surface area contributed by atoms with Crippen LogP contribution in [0.1, 0.15) is 38.8 Å². The predicted octanol–water partition coefficient (Wildman–Crippen LogP) is 3.42. The summed E-state index contributed by atoms with van der Waals surface area (Å²) in [5.74, 6) is 1.66. The van der Waals surface area contributed by atoms with Crippen LogP contribution >= 0.6 is 0 Å². The molecule has 1 atom stereocenters. The summed E-state index contributed by atoms with van der Waals surface area (Å²) in [6.45, 7) is 8.35.